The van der Waals surface area contributed by atoms with Gasteiger partial charge in [-0.25, -0.2) is 13.8 Å². The number of carbonyl (C=O) groups excluding carboxylic acids is 1. The summed E-state index contributed by atoms with van der Waals surface area (Å²) in [6.07, 6.45) is 2.55. The maximum Gasteiger partial charge on any atom is 0.255 e. The number of benzene rings is 1. The van der Waals surface area contributed by atoms with Crippen molar-refractivity contribution in [2.75, 3.05) is 17.2 Å². The number of nitrogens with one attached hydrogen (secondary N) is 2. The first-order valence-electron chi connectivity index (χ1n) is 7.42. The van der Waals surface area contributed by atoms with Gasteiger partial charge in [0.2, 0.25) is 0 Å². The number of carbonyl (C=O) groups is 1. The Morgan fingerprint density at radius 3 is 2.57 bits per heavy atom. The van der Waals surface area contributed by atoms with Gasteiger partial charge in [-0.3, -0.25) is 4.79 Å². The van der Waals surface area contributed by atoms with Crippen molar-refractivity contribution in [1.29, 1.82) is 0 Å². The maximum absolute atomic E-state index is 13.1. The lowest BCUT2D eigenvalue weighted by Gasteiger charge is -2.09. The zero-order valence-electron chi connectivity index (χ0n) is 13.1. The average molecular weight is 319 g/mol. The van der Waals surface area contributed by atoms with Gasteiger partial charge < -0.3 is 10.6 Å². The lowest BCUT2D eigenvalue weighted by molar-refractivity contribution is 0.102. The highest BCUT2D eigenvalue weighted by atomic mass is 19.2. The minimum absolute atomic E-state index is 0.0445. The first kappa shape index (κ1) is 16.9. The molecule has 4 nitrogen and oxygen atoms in total. The van der Waals surface area contributed by atoms with Crippen molar-refractivity contribution >= 4 is 17.4 Å². The Kier molecular flexibility index (Phi) is 5.62. The minimum atomic E-state index is -1.06. The Morgan fingerprint density at radius 2 is 1.96 bits per heavy atom. The van der Waals surface area contributed by atoms with Crippen molar-refractivity contribution < 1.29 is 13.6 Å². The van der Waals surface area contributed by atoms with E-state index in [1.165, 1.54) is 12.3 Å². The Morgan fingerprint density at radius 1 is 1.17 bits per heavy atom. The van der Waals surface area contributed by atoms with Crippen molar-refractivity contribution in [1.82, 2.24) is 4.98 Å². The standard InChI is InChI=1S/C17H19F2N3O/c1-11(2)7-8-20-16-6-4-13(10-21-16)22-17(23)12-3-5-14(18)15(19)9-12/h3-6,9-11H,7-8H2,1-2H3,(H,20,21)(H,22,23). The average Bonchev–Trinajstić information content (AvgIpc) is 2.51. The zero-order valence-corrected chi connectivity index (χ0v) is 13.1. The number of rotatable bonds is 6. The second kappa shape index (κ2) is 7.67. The quantitative estimate of drug-likeness (QED) is 0.844. The molecule has 0 radical (unpaired) electrons. The molecule has 0 saturated heterocycles. The molecule has 1 aromatic heterocycles. The van der Waals surface area contributed by atoms with Crippen LogP contribution in [0.5, 0.6) is 0 Å². The fraction of sp³-hybridized carbons (Fsp3) is 0.294. The van der Waals surface area contributed by atoms with Crippen LogP contribution in [0, 0.1) is 17.6 Å². The van der Waals surface area contributed by atoms with Gasteiger partial charge in [0.15, 0.2) is 11.6 Å². The van der Waals surface area contributed by atoms with Crippen LogP contribution in [0.15, 0.2) is 36.5 Å². The largest absolute Gasteiger partial charge is 0.370 e. The second-order valence-corrected chi connectivity index (χ2v) is 5.62. The smallest absolute Gasteiger partial charge is 0.255 e. The highest BCUT2D eigenvalue weighted by molar-refractivity contribution is 6.04. The summed E-state index contributed by atoms with van der Waals surface area (Å²) in [4.78, 5) is 16.2. The first-order valence-corrected chi connectivity index (χ1v) is 7.42. The maximum atomic E-state index is 13.1. The lowest BCUT2D eigenvalue weighted by atomic mass is 10.1. The van der Waals surface area contributed by atoms with E-state index < -0.39 is 17.5 Å². The fourth-order valence-corrected chi connectivity index (χ4v) is 1.90. The molecule has 0 fully saturated rings. The summed E-state index contributed by atoms with van der Waals surface area (Å²) in [6.45, 7) is 5.11. The molecule has 0 unspecified atom stereocenters. The SMILES string of the molecule is CC(C)CCNc1ccc(NC(=O)c2ccc(F)c(F)c2)cn1. The van der Waals surface area contributed by atoms with Gasteiger partial charge >= 0.3 is 0 Å². The van der Waals surface area contributed by atoms with Gasteiger partial charge in [-0.15, -0.1) is 0 Å². The van der Waals surface area contributed by atoms with E-state index in [0.29, 0.717) is 11.6 Å². The molecule has 0 aliphatic heterocycles. The number of nitrogens with zero attached hydrogens (tertiary/aromatic N) is 1. The van der Waals surface area contributed by atoms with Crippen molar-refractivity contribution in [3.63, 3.8) is 0 Å². The number of anilines is 2. The molecule has 2 N–H and O–H groups in total. The molecule has 2 rings (SSSR count). The highest BCUT2D eigenvalue weighted by Crippen LogP contribution is 2.14. The fourth-order valence-electron chi connectivity index (χ4n) is 1.90. The van der Waals surface area contributed by atoms with E-state index >= 15 is 0 Å². The van der Waals surface area contributed by atoms with Crippen molar-refractivity contribution in [3.05, 3.63) is 53.7 Å². The molecule has 1 heterocycles. The van der Waals surface area contributed by atoms with Crippen LogP contribution < -0.4 is 10.6 Å². The summed E-state index contributed by atoms with van der Waals surface area (Å²) < 4.78 is 26.0. The summed E-state index contributed by atoms with van der Waals surface area (Å²) in [5.74, 6) is -1.24. The predicted molar refractivity (Wildman–Crippen MR) is 86.5 cm³/mol. The Bertz CT molecular complexity index is 672. The number of halogens is 2. The topological polar surface area (TPSA) is 54.0 Å². The van der Waals surface area contributed by atoms with Gasteiger partial charge in [-0.2, -0.15) is 0 Å². The van der Waals surface area contributed by atoms with Gasteiger partial charge in [0.25, 0.3) is 5.91 Å². The van der Waals surface area contributed by atoms with Crippen molar-refractivity contribution in [2.45, 2.75) is 20.3 Å². The van der Waals surface area contributed by atoms with E-state index in [-0.39, 0.29) is 5.56 Å². The van der Waals surface area contributed by atoms with Crippen LogP contribution in [0.2, 0.25) is 0 Å². The monoisotopic (exact) mass is 319 g/mol. The third kappa shape index (κ3) is 5.02. The predicted octanol–water partition coefficient (Wildman–Crippen LogP) is 4.07. The highest BCUT2D eigenvalue weighted by Gasteiger charge is 2.10. The third-order valence-electron chi connectivity index (χ3n) is 3.23. The van der Waals surface area contributed by atoms with Gasteiger partial charge in [-0.1, -0.05) is 13.8 Å². The van der Waals surface area contributed by atoms with Gasteiger partial charge in [-0.05, 0) is 42.7 Å². The molecular weight excluding hydrogens is 300 g/mol. The molecule has 2 aromatic rings. The molecule has 6 heteroatoms. The molecule has 0 bridgehead atoms. The molecule has 1 aromatic carbocycles. The number of amides is 1. The van der Waals surface area contributed by atoms with Crippen molar-refractivity contribution in [2.24, 2.45) is 5.92 Å². The minimum Gasteiger partial charge on any atom is -0.370 e. The molecule has 0 spiro atoms. The molecule has 122 valence electrons. The number of hydrogen-bond donors (Lipinski definition) is 2. The summed E-state index contributed by atoms with van der Waals surface area (Å²) in [5.41, 5.74) is 0.525. The molecule has 1 amide bonds. The lowest BCUT2D eigenvalue weighted by Crippen LogP contribution is -2.13. The number of aromatic nitrogens is 1. The molecule has 0 saturated carbocycles. The van der Waals surface area contributed by atoms with Gasteiger partial charge in [0.05, 0.1) is 11.9 Å². The number of hydrogen-bond acceptors (Lipinski definition) is 3. The van der Waals surface area contributed by atoms with Crippen LogP contribution in [0.25, 0.3) is 0 Å². The zero-order chi connectivity index (χ0) is 16.8. The second-order valence-electron chi connectivity index (χ2n) is 5.62. The van der Waals surface area contributed by atoms with Crippen LogP contribution in [0.3, 0.4) is 0 Å². The summed E-state index contributed by atoms with van der Waals surface area (Å²) in [5, 5.41) is 5.77. The Balaban J connectivity index is 1.94. The van der Waals surface area contributed by atoms with E-state index in [9.17, 15) is 13.6 Å². The number of pyridine rings is 1. The summed E-state index contributed by atoms with van der Waals surface area (Å²) in [7, 11) is 0. The van der Waals surface area contributed by atoms with Gasteiger partial charge in [0, 0.05) is 12.1 Å². The van der Waals surface area contributed by atoms with Gasteiger partial charge in [0.1, 0.15) is 5.82 Å². The normalized spacial score (nSPS) is 10.7. The Labute approximate surface area is 133 Å². The summed E-state index contributed by atoms with van der Waals surface area (Å²) in [6, 6.07) is 6.46. The van der Waals surface area contributed by atoms with E-state index in [0.717, 1.165) is 30.9 Å². The van der Waals surface area contributed by atoms with E-state index in [1.54, 1.807) is 12.1 Å². The van der Waals surface area contributed by atoms with E-state index in [2.05, 4.69) is 29.5 Å². The van der Waals surface area contributed by atoms with Crippen LogP contribution >= 0.6 is 0 Å². The molecule has 0 aliphatic carbocycles. The van der Waals surface area contributed by atoms with Crippen LogP contribution in [-0.4, -0.2) is 17.4 Å². The van der Waals surface area contributed by atoms with Crippen LogP contribution in [0.4, 0.5) is 20.3 Å². The molecule has 0 aliphatic rings. The molecular formula is C17H19F2N3O. The first-order chi connectivity index (χ1) is 11.0. The van der Waals surface area contributed by atoms with Crippen LogP contribution in [-0.2, 0) is 0 Å². The Hall–Kier alpha value is -2.50. The van der Waals surface area contributed by atoms with E-state index in [4.69, 9.17) is 0 Å². The summed E-state index contributed by atoms with van der Waals surface area (Å²) >= 11 is 0. The third-order valence-corrected chi connectivity index (χ3v) is 3.23. The van der Waals surface area contributed by atoms with Crippen molar-refractivity contribution in [3.8, 4) is 0 Å². The van der Waals surface area contributed by atoms with Crippen LogP contribution in [0.1, 0.15) is 30.6 Å². The molecule has 0 atom stereocenters. The van der Waals surface area contributed by atoms with E-state index in [1.807, 2.05) is 0 Å². The molecule has 23 heavy (non-hydrogen) atoms.